The van der Waals surface area contributed by atoms with Gasteiger partial charge in [-0.1, -0.05) is 6.07 Å². The van der Waals surface area contributed by atoms with Gasteiger partial charge in [0.25, 0.3) is 0 Å². The molecule has 0 saturated carbocycles. The number of carbonyl (C=O) groups excluding carboxylic acids is 1. The standard InChI is InChI=1S/C20H20O6/c1-24-17-6-10(3-4-15(17)21)19-12-8-16(22)18(25-2)7-11(12)5-13-14(19)9-26-20(13)23/h3-4,6-8,13-14,19,21-22H,5,9H2,1-2H3/t13-,14?,19?/m1/s1. The molecule has 6 nitrogen and oxygen atoms in total. The van der Waals surface area contributed by atoms with E-state index in [4.69, 9.17) is 14.2 Å². The second kappa shape index (κ2) is 6.12. The van der Waals surface area contributed by atoms with Crippen LogP contribution in [0.25, 0.3) is 0 Å². The van der Waals surface area contributed by atoms with Crippen molar-refractivity contribution in [1.82, 2.24) is 0 Å². The van der Waals surface area contributed by atoms with Gasteiger partial charge in [-0.15, -0.1) is 0 Å². The third-order valence-electron chi connectivity index (χ3n) is 5.44. The minimum atomic E-state index is -0.235. The molecule has 0 radical (unpaired) electrons. The highest BCUT2D eigenvalue weighted by Crippen LogP contribution is 2.50. The van der Waals surface area contributed by atoms with Crippen LogP contribution in [0.3, 0.4) is 0 Å². The number of hydrogen-bond acceptors (Lipinski definition) is 6. The van der Waals surface area contributed by atoms with Crippen molar-refractivity contribution < 1.29 is 29.2 Å². The zero-order valence-corrected chi connectivity index (χ0v) is 14.6. The second-order valence-electron chi connectivity index (χ2n) is 6.74. The summed E-state index contributed by atoms with van der Waals surface area (Å²) in [6, 6.07) is 8.67. The van der Waals surface area contributed by atoms with Crippen LogP contribution in [0, 0.1) is 11.8 Å². The molecule has 2 aromatic carbocycles. The molecule has 2 aliphatic rings. The van der Waals surface area contributed by atoms with Gasteiger partial charge in [0.2, 0.25) is 0 Å². The third kappa shape index (κ3) is 2.44. The monoisotopic (exact) mass is 356 g/mol. The summed E-state index contributed by atoms with van der Waals surface area (Å²) in [5, 5.41) is 20.2. The molecule has 1 fully saturated rings. The summed E-state index contributed by atoms with van der Waals surface area (Å²) in [7, 11) is 2.99. The Morgan fingerprint density at radius 3 is 2.50 bits per heavy atom. The van der Waals surface area contributed by atoms with Crippen LogP contribution in [-0.4, -0.2) is 37.0 Å². The summed E-state index contributed by atoms with van der Waals surface area (Å²) in [4.78, 5) is 12.2. The Hall–Kier alpha value is -2.89. The van der Waals surface area contributed by atoms with Gasteiger partial charge in [-0.25, -0.2) is 0 Å². The van der Waals surface area contributed by atoms with Gasteiger partial charge in [-0.3, -0.25) is 4.79 Å². The Balaban J connectivity index is 1.89. The van der Waals surface area contributed by atoms with E-state index in [9.17, 15) is 15.0 Å². The molecular formula is C20H20O6. The molecule has 0 aromatic heterocycles. The zero-order valence-electron chi connectivity index (χ0n) is 14.6. The first-order valence-corrected chi connectivity index (χ1v) is 8.46. The van der Waals surface area contributed by atoms with E-state index in [1.807, 2.05) is 6.07 Å². The molecule has 1 heterocycles. The Morgan fingerprint density at radius 1 is 1.04 bits per heavy atom. The number of phenols is 2. The summed E-state index contributed by atoms with van der Waals surface area (Å²) in [5.74, 6) is 0.263. The maximum Gasteiger partial charge on any atom is 0.309 e. The predicted octanol–water partition coefficient (Wildman–Crippen LogP) is 2.59. The van der Waals surface area contributed by atoms with Crippen molar-refractivity contribution in [2.45, 2.75) is 12.3 Å². The number of benzene rings is 2. The molecule has 1 saturated heterocycles. The molecule has 0 amide bonds. The predicted molar refractivity (Wildman–Crippen MR) is 92.8 cm³/mol. The molecule has 2 unspecified atom stereocenters. The average Bonchev–Trinajstić information content (AvgIpc) is 3.00. The molecule has 1 aliphatic carbocycles. The van der Waals surface area contributed by atoms with E-state index in [2.05, 4.69) is 0 Å². The van der Waals surface area contributed by atoms with Crippen LogP contribution in [-0.2, 0) is 16.0 Å². The largest absolute Gasteiger partial charge is 0.504 e. The summed E-state index contributed by atoms with van der Waals surface area (Å²) in [5.41, 5.74) is 2.80. The van der Waals surface area contributed by atoms with Gasteiger partial charge < -0.3 is 24.4 Å². The van der Waals surface area contributed by atoms with Gasteiger partial charge in [0.1, 0.15) is 0 Å². The van der Waals surface area contributed by atoms with Crippen LogP contribution in [0.1, 0.15) is 22.6 Å². The number of carbonyl (C=O) groups is 1. The van der Waals surface area contributed by atoms with Crippen LogP contribution in [0.4, 0.5) is 0 Å². The summed E-state index contributed by atoms with van der Waals surface area (Å²) >= 11 is 0. The fraction of sp³-hybridized carbons (Fsp3) is 0.350. The second-order valence-corrected chi connectivity index (χ2v) is 6.74. The van der Waals surface area contributed by atoms with Gasteiger partial charge in [0.05, 0.1) is 26.7 Å². The van der Waals surface area contributed by atoms with E-state index in [0.29, 0.717) is 24.5 Å². The van der Waals surface area contributed by atoms with E-state index in [1.54, 1.807) is 24.3 Å². The Bertz CT molecular complexity index is 875. The van der Waals surface area contributed by atoms with Crippen molar-refractivity contribution in [3.05, 3.63) is 47.0 Å². The zero-order chi connectivity index (χ0) is 18.4. The minimum Gasteiger partial charge on any atom is -0.504 e. The third-order valence-corrected chi connectivity index (χ3v) is 5.44. The molecular weight excluding hydrogens is 336 g/mol. The lowest BCUT2D eigenvalue weighted by Crippen LogP contribution is -2.31. The average molecular weight is 356 g/mol. The number of rotatable bonds is 3. The van der Waals surface area contributed by atoms with Crippen molar-refractivity contribution in [2.24, 2.45) is 11.8 Å². The van der Waals surface area contributed by atoms with E-state index >= 15 is 0 Å². The topological polar surface area (TPSA) is 85.2 Å². The van der Waals surface area contributed by atoms with Gasteiger partial charge in [0, 0.05) is 11.8 Å². The van der Waals surface area contributed by atoms with E-state index in [0.717, 1.165) is 16.7 Å². The summed E-state index contributed by atoms with van der Waals surface area (Å²) in [6.07, 6.45) is 0.557. The number of phenolic OH excluding ortho intramolecular Hbond substituents is 2. The van der Waals surface area contributed by atoms with E-state index in [1.165, 1.54) is 14.2 Å². The van der Waals surface area contributed by atoms with Gasteiger partial charge in [0.15, 0.2) is 23.0 Å². The lowest BCUT2D eigenvalue weighted by atomic mass is 9.67. The van der Waals surface area contributed by atoms with E-state index < -0.39 is 0 Å². The highest BCUT2D eigenvalue weighted by Gasteiger charge is 2.47. The molecule has 0 bridgehead atoms. The highest BCUT2D eigenvalue weighted by atomic mass is 16.5. The Kier molecular flexibility index (Phi) is 3.90. The number of cyclic esters (lactones) is 1. The Morgan fingerprint density at radius 2 is 1.77 bits per heavy atom. The van der Waals surface area contributed by atoms with Crippen LogP contribution in [0.5, 0.6) is 23.0 Å². The number of esters is 1. The fourth-order valence-electron chi connectivity index (χ4n) is 4.18. The maximum atomic E-state index is 12.2. The molecule has 0 spiro atoms. The molecule has 26 heavy (non-hydrogen) atoms. The minimum absolute atomic E-state index is 0.0305. The van der Waals surface area contributed by atoms with Crippen LogP contribution < -0.4 is 9.47 Å². The number of fused-ring (bicyclic) bond motifs is 2. The fourth-order valence-corrected chi connectivity index (χ4v) is 4.18. The highest BCUT2D eigenvalue weighted by molar-refractivity contribution is 5.77. The lowest BCUT2D eigenvalue weighted by Gasteiger charge is -2.34. The first-order valence-electron chi connectivity index (χ1n) is 8.46. The quantitative estimate of drug-likeness (QED) is 0.823. The first-order chi connectivity index (χ1) is 12.5. The summed E-state index contributed by atoms with van der Waals surface area (Å²) < 4.78 is 15.8. The van der Waals surface area contributed by atoms with Crippen molar-refractivity contribution in [3.8, 4) is 23.0 Å². The first kappa shape index (κ1) is 16.6. The van der Waals surface area contributed by atoms with E-state index in [-0.39, 0.29) is 35.2 Å². The van der Waals surface area contributed by atoms with Crippen molar-refractivity contribution in [1.29, 1.82) is 0 Å². The van der Waals surface area contributed by atoms with Crippen LogP contribution in [0.15, 0.2) is 30.3 Å². The van der Waals surface area contributed by atoms with Crippen molar-refractivity contribution in [2.75, 3.05) is 20.8 Å². The van der Waals surface area contributed by atoms with Gasteiger partial charge in [-0.2, -0.15) is 0 Å². The molecule has 4 rings (SSSR count). The van der Waals surface area contributed by atoms with Crippen molar-refractivity contribution in [3.63, 3.8) is 0 Å². The summed E-state index contributed by atoms with van der Waals surface area (Å²) in [6.45, 7) is 0.337. The van der Waals surface area contributed by atoms with Crippen LogP contribution in [0.2, 0.25) is 0 Å². The molecule has 1 aliphatic heterocycles. The van der Waals surface area contributed by atoms with Gasteiger partial charge in [-0.05, 0) is 47.4 Å². The molecule has 2 aromatic rings. The SMILES string of the molecule is COc1cc(C2c3cc(O)c(OC)cc3C[C@H]3C(=O)OCC23)ccc1O. The normalized spacial score (nSPS) is 23.8. The smallest absolute Gasteiger partial charge is 0.309 e. The van der Waals surface area contributed by atoms with Crippen LogP contribution >= 0.6 is 0 Å². The lowest BCUT2D eigenvalue weighted by molar-refractivity contribution is -0.141. The number of hydrogen-bond donors (Lipinski definition) is 2. The molecule has 6 heteroatoms. The molecule has 2 N–H and O–H groups in total. The molecule has 136 valence electrons. The van der Waals surface area contributed by atoms with Crippen molar-refractivity contribution >= 4 is 5.97 Å². The maximum absolute atomic E-state index is 12.2. The number of aromatic hydroxyl groups is 2. The Labute approximate surface area is 150 Å². The van der Waals surface area contributed by atoms with Gasteiger partial charge >= 0.3 is 5.97 Å². The number of ether oxygens (including phenoxy) is 3. The number of methoxy groups -OCH3 is 2. The molecule has 3 atom stereocenters.